The summed E-state index contributed by atoms with van der Waals surface area (Å²) in [5.74, 6) is -1.14. The lowest BCUT2D eigenvalue weighted by Crippen LogP contribution is -2.35. The molecule has 1 aromatic carbocycles. The summed E-state index contributed by atoms with van der Waals surface area (Å²) in [4.78, 5) is 35.7. The van der Waals surface area contributed by atoms with Gasteiger partial charge in [0.15, 0.2) is 0 Å². The van der Waals surface area contributed by atoms with Crippen molar-refractivity contribution in [1.82, 2.24) is 4.90 Å². The average molecular weight is 359 g/mol. The molecule has 1 atom stereocenters. The van der Waals surface area contributed by atoms with E-state index in [4.69, 9.17) is 11.6 Å². The Morgan fingerprint density at radius 1 is 1.52 bits per heavy atom. The normalized spacial score (nSPS) is 20.5. The van der Waals surface area contributed by atoms with Gasteiger partial charge in [-0.25, -0.2) is 0 Å². The molecule has 0 spiro atoms. The van der Waals surface area contributed by atoms with Gasteiger partial charge in [0.1, 0.15) is 0 Å². The van der Waals surface area contributed by atoms with Crippen LogP contribution in [0.2, 0.25) is 5.02 Å². The second-order valence-electron chi connectivity index (χ2n) is 5.59. The summed E-state index contributed by atoms with van der Waals surface area (Å²) in [6.07, 6.45) is 0.403. The van der Waals surface area contributed by atoms with Gasteiger partial charge in [-0.2, -0.15) is 0 Å². The summed E-state index contributed by atoms with van der Waals surface area (Å²) in [6, 6.07) is 4.27. The molecule has 23 heavy (non-hydrogen) atoms. The fourth-order valence-corrected chi connectivity index (χ4v) is 3.41. The molecule has 124 valence electrons. The molecule has 0 aliphatic carbocycles. The largest absolute Gasteiger partial charge is 0.481 e. The van der Waals surface area contributed by atoms with E-state index >= 15 is 0 Å². The van der Waals surface area contributed by atoms with E-state index in [1.807, 2.05) is 0 Å². The highest BCUT2D eigenvalue weighted by Gasteiger charge is 2.42. The molecule has 1 heterocycles. The van der Waals surface area contributed by atoms with Gasteiger partial charge in [-0.3, -0.25) is 19.7 Å². The second kappa shape index (κ2) is 6.76. The standard InChI is InChI=1S/C14H15ClN2O5S/c1-14(13(19)20)4-5-16(8-14)12(18)7-23-11-3-2-9(15)6-10(11)17(21)22/h2-3,6H,4-5,7-8H2,1H3,(H,19,20). The smallest absolute Gasteiger partial charge is 0.311 e. The van der Waals surface area contributed by atoms with Gasteiger partial charge in [-0.1, -0.05) is 11.6 Å². The zero-order chi connectivity index (χ0) is 17.2. The van der Waals surface area contributed by atoms with Crippen LogP contribution < -0.4 is 0 Å². The maximum Gasteiger partial charge on any atom is 0.311 e. The van der Waals surface area contributed by atoms with Crippen molar-refractivity contribution in [3.8, 4) is 0 Å². The van der Waals surface area contributed by atoms with E-state index in [-0.39, 0.29) is 28.9 Å². The van der Waals surface area contributed by atoms with Crippen LogP contribution in [0.15, 0.2) is 23.1 Å². The number of benzene rings is 1. The van der Waals surface area contributed by atoms with Crippen LogP contribution in [0.4, 0.5) is 5.69 Å². The van der Waals surface area contributed by atoms with Crippen LogP contribution in [0.3, 0.4) is 0 Å². The Labute approximate surface area is 141 Å². The van der Waals surface area contributed by atoms with Crippen molar-refractivity contribution in [2.24, 2.45) is 5.41 Å². The third-order valence-corrected chi connectivity index (χ3v) is 5.09. The molecule has 1 fully saturated rings. The van der Waals surface area contributed by atoms with Crippen molar-refractivity contribution in [2.45, 2.75) is 18.2 Å². The average Bonchev–Trinajstić information content (AvgIpc) is 2.89. The molecular weight excluding hydrogens is 344 g/mol. The summed E-state index contributed by atoms with van der Waals surface area (Å²) in [5, 5.41) is 20.4. The Morgan fingerprint density at radius 2 is 2.22 bits per heavy atom. The Bertz CT molecular complexity index is 669. The van der Waals surface area contributed by atoms with Crippen LogP contribution in [0, 0.1) is 15.5 Å². The number of carbonyl (C=O) groups excluding carboxylic acids is 1. The van der Waals surface area contributed by atoms with Gasteiger partial charge in [-0.15, -0.1) is 11.8 Å². The van der Waals surface area contributed by atoms with Gasteiger partial charge in [0, 0.05) is 24.2 Å². The van der Waals surface area contributed by atoms with Crippen LogP contribution in [0.1, 0.15) is 13.3 Å². The number of hydrogen-bond acceptors (Lipinski definition) is 5. The third-order valence-electron chi connectivity index (χ3n) is 3.81. The van der Waals surface area contributed by atoms with Crippen LogP contribution in [0.25, 0.3) is 0 Å². The Morgan fingerprint density at radius 3 is 2.78 bits per heavy atom. The fourth-order valence-electron chi connectivity index (χ4n) is 2.33. The number of halogens is 1. The summed E-state index contributed by atoms with van der Waals surface area (Å²) in [7, 11) is 0. The summed E-state index contributed by atoms with van der Waals surface area (Å²) in [6.45, 7) is 2.15. The zero-order valence-corrected chi connectivity index (χ0v) is 13.9. The highest BCUT2D eigenvalue weighted by molar-refractivity contribution is 8.00. The van der Waals surface area contributed by atoms with Gasteiger partial charge in [-0.05, 0) is 25.5 Å². The van der Waals surface area contributed by atoms with Crippen molar-refractivity contribution in [3.05, 3.63) is 33.3 Å². The summed E-state index contributed by atoms with van der Waals surface area (Å²) < 4.78 is 0. The molecule has 1 aromatic rings. The molecule has 9 heteroatoms. The van der Waals surface area contributed by atoms with E-state index in [0.717, 1.165) is 11.8 Å². The highest BCUT2D eigenvalue weighted by atomic mass is 35.5. The minimum Gasteiger partial charge on any atom is -0.481 e. The first kappa shape index (κ1) is 17.6. The van der Waals surface area contributed by atoms with Gasteiger partial charge in [0.25, 0.3) is 5.69 Å². The summed E-state index contributed by atoms with van der Waals surface area (Å²) >= 11 is 6.79. The van der Waals surface area contributed by atoms with Gasteiger partial charge in [0.05, 0.1) is 21.0 Å². The number of thioether (sulfide) groups is 1. The molecule has 0 aromatic heterocycles. The van der Waals surface area contributed by atoms with E-state index in [9.17, 15) is 24.8 Å². The molecular formula is C14H15ClN2O5S. The first-order valence-corrected chi connectivity index (χ1v) is 8.17. The third kappa shape index (κ3) is 3.94. The predicted octanol–water partition coefficient (Wildman–Crippen LogP) is 2.66. The molecule has 1 aliphatic heterocycles. The van der Waals surface area contributed by atoms with Gasteiger partial charge < -0.3 is 10.0 Å². The van der Waals surface area contributed by atoms with Crippen LogP contribution in [-0.2, 0) is 9.59 Å². The Balaban J connectivity index is 2.01. The molecule has 0 bridgehead atoms. The number of nitro groups is 1. The van der Waals surface area contributed by atoms with E-state index in [1.54, 1.807) is 6.92 Å². The van der Waals surface area contributed by atoms with Crippen LogP contribution >= 0.6 is 23.4 Å². The molecule has 1 amide bonds. The molecule has 7 nitrogen and oxygen atoms in total. The molecule has 0 saturated carbocycles. The predicted molar refractivity (Wildman–Crippen MR) is 85.8 cm³/mol. The van der Waals surface area contributed by atoms with Crippen LogP contribution in [-0.4, -0.2) is 45.6 Å². The number of aliphatic carboxylic acids is 1. The number of carboxylic acids is 1. The molecule has 1 saturated heterocycles. The van der Waals surface area contributed by atoms with Crippen LogP contribution in [0.5, 0.6) is 0 Å². The van der Waals surface area contributed by atoms with E-state index < -0.39 is 16.3 Å². The molecule has 1 aliphatic rings. The number of rotatable bonds is 5. The lowest BCUT2D eigenvalue weighted by atomic mass is 9.90. The Kier molecular flexibility index (Phi) is 5.16. The topological polar surface area (TPSA) is 101 Å². The van der Waals surface area contributed by atoms with Crippen molar-refractivity contribution in [1.29, 1.82) is 0 Å². The monoisotopic (exact) mass is 358 g/mol. The number of likely N-dealkylation sites (tertiary alicyclic amines) is 1. The molecule has 2 rings (SSSR count). The fraction of sp³-hybridized carbons (Fsp3) is 0.429. The first-order chi connectivity index (χ1) is 10.7. The number of nitrogens with zero attached hydrogens (tertiary/aromatic N) is 2. The Hall–Kier alpha value is -1.80. The van der Waals surface area contributed by atoms with Gasteiger partial charge in [0.2, 0.25) is 5.91 Å². The number of amides is 1. The number of nitro benzene ring substituents is 1. The zero-order valence-electron chi connectivity index (χ0n) is 12.3. The molecule has 0 radical (unpaired) electrons. The minimum atomic E-state index is -0.924. The van der Waals surface area contributed by atoms with Crippen molar-refractivity contribution < 1.29 is 19.6 Å². The molecule has 1 unspecified atom stereocenters. The van der Waals surface area contributed by atoms with E-state index in [2.05, 4.69) is 0 Å². The minimum absolute atomic E-state index is 0.0121. The highest BCUT2D eigenvalue weighted by Crippen LogP contribution is 2.33. The quantitative estimate of drug-likeness (QED) is 0.493. The number of hydrogen-bond donors (Lipinski definition) is 1. The lowest BCUT2D eigenvalue weighted by molar-refractivity contribution is -0.387. The maximum absolute atomic E-state index is 12.2. The van der Waals surface area contributed by atoms with Crippen molar-refractivity contribution in [2.75, 3.05) is 18.8 Å². The SMILES string of the molecule is CC1(C(=O)O)CCN(C(=O)CSc2ccc(Cl)cc2[N+](=O)[O-])C1. The summed E-state index contributed by atoms with van der Waals surface area (Å²) in [5.41, 5.74) is -1.07. The number of carbonyl (C=O) groups is 2. The molecule has 1 N–H and O–H groups in total. The van der Waals surface area contributed by atoms with E-state index in [1.165, 1.54) is 23.1 Å². The van der Waals surface area contributed by atoms with Crippen molar-refractivity contribution >= 4 is 40.9 Å². The van der Waals surface area contributed by atoms with Crippen molar-refractivity contribution in [3.63, 3.8) is 0 Å². The second-order valence-corrected chi connectivity index (χ2v) is 7.04. The lowest BCUT2D eigenvalue weighted by Gasteiger charge is -2.20. The maximum atomic E-state index is 12.2. The van der Waals surface area contributed by atoms with E-state index in [0.29, 0.717) is 17.9 Å². The van der Waals surface area contributed by atoms with Gasteiger partial charge >= 0.3 is 5.97 Å². The first-order valence-electron chi connectivity index (χ1n) is 6.81. The number of carboxylic acid groups (broad SMARTS) is 1.